The molecular formula is C8H10N2O3. The zero-order valence-corrected chi connectivity index (χ0v) is 7.10. The summed E-state index contributed by atoms with van der Waals surface area (Å²) in [7, 11) is 0. The van der Waals surface area contributed by atoms with Gasteiger partial charge in [-0.1, -0.05) is 5.16 Å². The van der Waals surface area contributed by atoms with E-state index in [0.29, 0.717) is 12.1 Å². The van der Waals surface area contributed by atoms with E-state index in [4.69, 9.17) is 9.26 Å². The lowest BCUT2D eigenvalue weighted by Gasteiger charge is -2.18. The SMILES string of the molecule is O=Cc1nc(C2CCOCC2)no1. The summed E-state index contributed by atoms with van der Waals surface area (Å²) in [6, 6.07) is 0. The van der Waals surface area contributed by atoms with E-state index in [1.54, 1.807) is 0 Å². The molecule has 0 aromatic carbocycles. The highest BCUT2D eigenvalue weighted by atomic mass is 16.5. The number of rotatable bonds is 2. The summed E-state index contributed by atoms with van der Waals surface area (Å²) in [5.41, 5.74) is 0. The number of aromatic nitrogens is 2. The summed E-state index contributed by atoms with van der Waals surface area (Å²) in [5.74, 6) is 0.970. The molecule has 1 aromatic heterocycles. The molecule has 5 heteroatoms. The van der Waals surface area contributed by atoms with Crippen LogP contribution >= 0.6 is 0 Å². The van der Waals surface area contributed by atoms with Crippen LogP contribution in [0.5, 0.6) is 0 Å². The van der Waals surface area contributed by atoms with Crippen LogP contribution in [0.2, 0.25) is 0 Å². The molecule has 1 fully saturated rings. The number of carbonyl (C=O) groups excluding carboxylic acids is 1. The van der Waals surface area contributed by atoms with Crippen molar-refractivity contribution < 1.29 is 14.1 Å². The topological polar surface area (TPSA) is 65.2 Å². The van der Waals surface area contributed by atoms with Crippen molar-refractivity contribution in [2.45, 2.75) is 18.8 Å². The van der Waals surface area contributed by atoms with Crippen molar-refractivity contribution >= 4 is 6.29 Å². The largest absolute Gasteiger partial charge is 0.381 e. The Morgan fingerprint density at radius 1 is 1.38 bits per heavy atom. The lowest BCUT2D eigenvalue weighted by molar-refractivity contribution is 0.0830. The molecule has 0 aliphatic carbocycles. The maximum absolute atomic E-state index is 10.3. The molecule has 0 bridgehead atoms. The van der Waals surface area contributed by atoms with E-state index in [1.165, 1.54) is 0 Å². The third kappa shape index (κ3) is 1.75. The van der Waals surface area contributed by atoms with Crippen LogP contribution in [0, 0.1) is 0 Å². The van der Waals surface area contributed by atoms with Gasteiger partial charge in [-0.25, -0.2) is 0 Å². The molecule has 2 heterocycles. The van der Waals surface area contributed by atoms with E-state index in [9.17, 15) is 4.79 Å². The molecule has 1 saturated heterocycles. The summed E-state index contributed by atoms with van der Waals surface area (Å²) in [6.45, 7) is 1.46. The van der Waals surface area contributed by atoms with Gasteiger partial charge in [0.05, 0.1) is 0 Å². The van der Waals surface area contributed by atoms with E-state index in [-0.39, 0.29) is 11.8 Å². The molecule has 0 atom stereocenters. The molecule has 0 radical (unpaired) electrons. The second kappa shape index (κ2) is 3.66. The Bertz CT molecular complexity index is 291. The molecule has 2 rings (SSSR count). The van der Waals surface area contributed by atoms with Crippen LogP contribution < -0.4 is 0 Å². The summed E-state index contributed by atoms with van der Waals surface area (Å²) in [4.78, 5) is 14.2. The van der Waals surface area contributed by atoms with Gasteiger partial charge in [0.25, 0.3) is 5.89 Å². The second-order valence-electron chi connectivity index (χ2n) is 3.00. The van der Waals surface area contributed by atoms with Crippen molar-refractivity contribution in [3.63, 3.8) is 0 Å². The standard InChI is InChI=1S/C8H10N2O3/c11-5-7-9-8(10-13-7)6-1-3-12-4-2-6/h5-6H,1-4H2. The van der Waals surface area contributed by atoms with E-state index < -0.39 is 0 Å². The Kier molecular flexibility index (Phi) is 2.35. The van der Waals surface area contributed by atoms with Gasteiger partial charge in [0.1, 0.15) is 0 Å². The van der Waals surface area contributed by atoms with Crippen molar-refractivity contribution in [2.75, 3.05) is 13.2 Å². The van der Waals surface area contributed by atoms with Crippen molar-refractivity contribution in [2.24, 2.45) is 0 Å². The number of hydrogen-bond acceptors (Lipinski definition) is 5. The first-order chi connectivity index (χ1) is 6.40. The van der Waals surface area contributed by atoms with Crippen LogP contribution in [0.15, 0.2) is 4.52 Å². The smallest absolute Gasteiger partial charge is 0.290 e. The molecule has 0 saturated carbocycles. The average molecular weight is 182 g/mol. The van der Waals surface area contributed by atoms with Gasteiger partial charge in [0.2, 0.25) is 6.29 Å². The minimum atomic E-state index is 0.0569. The number of hydrogen-bond donors (Lipinski definition) is 0. The quantitative estimate of drug-likeness (QED) is 0.632. The van der Waals surface area contributed by atoms with Gasteiger partial charge in [0, 0.05) is 19.1 Å². The number of carbonyl (C=O) groups is 1. The van der Waals surface area contributed by atoms with Crippen LogP contribution in [0.4, 0.5) is 0 Å². The highest BCUT2D eigenvalue weighted by Crippen LogP contribution is 2.23. The predicted octanol–water partition coefficient (Wildman–Crippen LogP) is 0.776. The minimum Gasteiger partial charge on any atom is -0.381 e. The third-order valence-corrected chi connectivity index (χ3v) is 2.14. The van der Waals surface area contributed by atoms with Crippen LogP contribution in [0.25, 0.3) is 0 Å². The Hall–Kier alpha value is -1.23. The molecule has 70 valence electrons. The fourth-order valence-electron chi connectivity index (χ4n) is 1.42. The molecular weight excluding hydrogens is 172 g/mol. The first-order valence-electron chi connectivity index (χ1n) is 4.26. The fraction of sp³-hybridized carbons (Fsp3) is 0.625. The third-order valence-electron chi connectivity index (χ3n) is 2.14. The molecule has 1 aromatic rings. The number of ether oxygens (including phenoxy) is 1. The average Bonchev–Trinajstić information content (AvgIpc) is 2.67. The van der Waals surface area contributed by atoms with Gasteiger partial charge >= 0.3 is 0 Å². The van der Waals surface area contributed by atoms with Gasteiger partial charge in [-0.05, 0) is 12.8 Å². The Balaban J connectivity index is 2.09. The summed E-state index contributed by atoms with van der Waals surface area (Å²) in [6.07, 6.45) is 2.37. The van der Waals surface area contributed by atoms with Crippen LogP contribution in [-0.4, -0.2) is 29.6 Å². The minimum absolute atomic E-state index is 0.0569. The predicted molar refractivity (Wildman–Crippen MR) is 42.5 cm³/mol. The Morgan fingerprint density at radius 2 is 2.15 bits per heavy atom. The lowest BCUT2D eigenvalue weighted by atomic mass is 10.00. The molecule has 5 nitrogen and oxygen atoms in total. The van der Waals surface area contributed by atoms with Crippen LogP contribution in [-0.2, 0) is 4.74 Å². The molecule has 13 heavy (non-hydrogen) atoms. The Morgan fingerprint density at radius 3 is 2.77 bits per heavy atom. The molecule has 0 amide bonds. The van der Waals surface area contributed by atoms with E-state index in [2.05, 4.69) is 10.1 Å². The molecule has 1 aliphatic rings. The van der Waals surface area contributed by atoms with E-state index in [1.807, 2.05) is 0 Å². The summed E-state index contributed by atoms with van der Waals surface area (Å²) >= 11 is 0. The first kappa shape index (κ1) is 8.37. The fourth-order valence-corrected chi connectivity index (χ4v) is 1.42. The monoisotopic (exact) mass is 182 g/mol. The second-order valence-corrected chi connectivity index (χ2v) is 3.00. The molecule has 0 spiro atoms. The van der Waals surface area contributed by atoms with Crippen LogP contribution in [0.1, 0.15) is 35.3 Å². The maximum atomic E-state index is 10.3. The van der Waals surface area contributed by atoms with Gasteiger partial charge in [-0.2, -0.15) is 4.98 Å². The summed E-state index contributed by atoms with van der Waals surface area (Å²) < 4.78 is 9.90. The highest BCUT2D eigenvalue weighted by Gasteiger charge is 2.20. The van der Waals surface area contributed by atoms with E-state index >= 15 is 0 Å². The van der Waals surface area contributed by atoms with Crippen molar-refractivity contribution in [1.29, 1.82) is 0 Å². The van der Waals surface area contributed by atoms with Gasteiger partial charge < -0.3 is 9.26 Å². The van der Waals surface area contributed by atoms with Crippen molar-refractivity contribution in [1.82, 2.24) is 10.1 Å². The number of nitrogens with zero attached hydrogens (tertiary/aromatic N) is 2. The molecule has 0 unspecified atom stereocenters. The highest BCUT2D eigenvalue weighted by molar-refractivity contribution is 5.66. The molecule has 1 aliphatic heterocycles. The van der Waals surface area contributed by atoms with Gasteiger partial charge in [-0.3, -0.25) is 4.79 Å². The van der Waals surface area contributed by atoms with Gasteiger partial charge in [0.15, 0.2) is 5.82 Å². The normalized spacial score (nSPS) is 18.8. The lowest BCUT2D eigenvalue weighted by Crippen LogP contribution is -2.15. The zero-order valence-electron chi connectivity index (χ0n) is 7.10. The maximum Gasteiger partial charge on any atom is 0.290 e. The zero-order chi connectivity index (χ0) is 9.10. The summed E-state index contributed by atoms with van der Waals surface area (Å²) in [5, 5.41) is 3.74. The number of aldehydes is 1. The molecule has 0 N–H and O–H groups in total. The van der Waals surface area contributed by atoms with Crippen molar-refractivity contribution in [3.05, 3.63) is 11.7 Å². The van der Waals surface area contributed by atoms with E-state index in [0.717, 1.165) is 26.1 Å². The van der Waals surface area contributed by atoms with Crippen LogP contribution in [0.3, 0.4) is 0 Å². The Labute approximate surface area is 75.1 Å². The van der Waals surface area contributed by atoms with Crippen molar-refractivity contribution in [3.8, 4) is 0 Å². The first-order valence-corrected chi connectivity index (χ1v) is 4.26. The van der Waals surface area contributed by atoms with Gasteiger partial charge in [-0.15, -0.1) is 0 Å².